The Morgan fingerprint density at radius 3 is 2.06 bits per heavy atom. The maximum absolute atomic E-state index is 11.4. The normalized spacial score (nSPS) is 17.3. The molecule has 3 heteroatoms. The molecule has 0 aliphatic carbocycles. The van der Waals surface area contributed by atoms with Gasteiger partial charge in [0.05, 0.1) is 13.2 Å². The van der Waals surface area contributed by atoms with Crippen LogP contribution in [0, 0.1) is 33.1 Å². The van der Waals surface area contributed by atoms with E-state index in [1.54, 1.807) is 0 Å². The Hall–Kier alpha value is -1.35. The van der Waals surface area contributed by atoms with Gasteiger partial charge in [-0.2, -0.15) is 0 Å². The maximum Gasteiger partial charge on any atom is 0.314 e. The van der Waals surface area contributed by atoms with E-state index in [1.165, 1.54) is 27.8 Å². The van der Waals surface area contributed by atoms with Crippen molar-refractivity contribution >= 4 is 5.97 Å². The molecule has 0 aromatic heterocycles. The average molecular weight is 248 g/mol. The highest BCUT2D eigenvalue weighted by atomic mass is 16.5. The molecule has 0 unspecified atom stereocenters. The minimum absolute atomic E-state index is 0.328. The molecule has 1 aliphatic heterocycles. The number of carboxylic acids is 1. The summed E-state index contributed by atoms with van der Waals surface area (Å²) in [6.07, 6.45) is 0.572. The predicted octanol–water partition coefficient (Wildman–Crippen LogP) is 2.56. The first kappa shape index (κ1) is 13.1. The molecule has 1 heterocycles. The van der Waals surface area contributed by atoms with Crippen molar-refractivity contribution in [3.8, 4) is 0 Å². The summed E-state index contributed by atoms with van der Waals surface area (Å²) in [7, 11) is 0. The Balaban J connectivity index is 2.43. The van der Waals surface area contributed by atoms with Crippen LogP contribution in [0.1, 0.15) is 27.8 Å². The molecule has 1 aromatic rings. The van der Waals surface area contributed by atoms with Crippen LogP contribution in [-0.2, 0) is 16.0 Å². The standard InChI is InChI=1S/C15H20O3/c1-9-5-10(2)12(4)13(11(9)3)6-15(14(16)17)7-18-8-15/h5H,6-8H2,1-4H3,(H,16,17). The first-order chi connectivity index (χ1) is 8.37. The molecule has 3 nitrogen and oxygen atoms in total. The van der Waals surface area contributed by atoms with Crippen LogP contribution in [-0.4, -0.2) is 24.3 Å². The molecule has 0 atom stereocenters. The third-order valence-corrected chi connectivity index (χ3v) is 4.25. The summed E-state index contributed by atoms with van der Waals surface area (Å²) in [4.78, 5) is 11.4. The summed E-state index contributed by atoms with van der Waals surface area (Å²) < 4.78 is 5.13. The second kappa shape index (κ2) is 4.39. The smallest absolute Gasteiger partial charge is 0.314 e. The average Bonchev–Trinajstić information content (AvgIpc) is 2.24. The summed E-state index contributed by atoms with van der Waals surface area (Å²) in [6.45, 7) is 8.97. The number of benzene rings is 1. The fourth-order valence-corrected chi connectivity index (χ4v) is 2.55. The molecule has 0 spiro atoms. The summed E-state index contributed by atoms with van der Waals surface area (Å²) in [5.74, 6) is -0.744. The quantitative estimate of drug-likeness (QED) is 0.894. The first-order valence-corrected chi connectivity index (χ1v) is 6.25. The van der Waals surface area contributed by atoms with E-state index in [0.717, 1.165) is 0 Å². The third-order valence-electron chi connectivity index (χ3n) is 4.25. The summed E-state index contributed by atoms with van der Waals surface area (Å²) in [5.41, 5.74) is 5.35. The van der Waals surface area contributed by atoms with Gasteiger partial charge in [-0.25, -0.2) is 0 Å². The van der Waals surface area contributed by atoms with Gasteiger partial charge in [-0.05, 0) is 61.9 Å². The molecular weight excluding hydrogens is 228 g/mol. The fraction of sp³-hybridized carbons (Fsp3) is 0.533. The van der Waals surface area contributed by atoms with Crippen LogP contribution in [0.2, 0.25) is 0 Å². The van der Waals surface area contributed by atoms with Gasteiger partial charge in [0.1, 0.15) is 5.41 Å². The predicted molar refractivity (Wildman–Crippen MR) is 70.0 cm³/mol. The molecule has 18 heavy (non-hydrogen) atoms. The maximum atomic E-state index is 11.4. The zero-order valence-corrected chi connectivity index (χ0v) is 11.5. The van der Waals surface area contributed by atoms with Crippen LogP contribution in [0.5, 0.6) is 0 Å². The third kappa shape index (κ3) is 1.93. The van der Waals surface area contributed by atoms with Crippen LogP contribution in [0.25, 0.3) is 0 Å². The van der Waals surface area contributed by atoms with E-state index < -0.39 is 11.4 Å². The monoisotopic (exact) mass is 248 g/mol. The van der Waals surface area contributed by atoms with Gasteiger partial charge >= 0.3 is 5.97 Å². The van der Waals surface area contributed by atoms with Crippen molar-refractivity contribution in [2.75, 3.05) is 13.2 Å². The van der Waals surface area contributed by atoms with Crippen molar-refractivity contribution in [1.29, 1.82) is 0 Å². The van der Waals surface area contributed by atoms with E-state index in [1.807, 2.05) is 0 Å². The number of aryl methyl sites for hydroxylation is 2. The van der Waals surface area contributed by atoms with Gasteiger partial charge in [-0.15, -0.1) is 0 Å². The van der Waals surface area contributed by atoms with Gasteiger partial charge in [0.15, 0.2) is 0 Å². The zero-order valence-electron chi connectivity index (χ0n) is 11.5. The van der Waals surface area contributed by atoms with Gasteiger partial charge < -0.3 is 9.84 Å². The highest BCUT2D eigenvalue weighted by Crippen LogP contribution is 2.35. The molecular formula is C15H20O3. The minimum atomic E-state index is -0.744. The van der Waals surface area contributed by atoms with E-state index in [2.05, 4.69) is 33.8 Å². The van der Waals surface area contributed by atoms with Gasteiger partial charge in [-0.3, -0.25) is 4.79 Å². The topological polar surface area (TPSA) is 46.5 Å². The lowest BCUT2D eigenvalue weighted by molar-refractivity contribution is -0.179. The molecule has 98 valence electrons. The van der Waals surface area contributed by atoms with E-state index in [0.29, 0.717) is 19.6 Å². The van der Waals surface area contributed by atoms with E-state index in [9.17, 15) is 9.90 Å². The van der Waals surface area contributed by atoms with Crippen LogP contribution in [0.3, 0.4) is 0 Å². The Labute approximate surface area is 108 Å². The van der Waals surface area contributed by atoms with Crippen molar-refractivity contribution in [2.24, 2.45) is 5.41 Å². The Kier molecular flexibility index (Phi) is 3.20. The van der Waals surface area contributed by atoms with Crippen LogP contribution < -0.4 is 0 Å². The van der Waals surface area contributed by atoms with Crippen molar-refractivity contribution in [3.63, 3.8) is 0 Å². The summed E-state index contributed by atoms with van der Waals surface area (Å²) >= 11 is 0. The second-order valence-corrected chi connectivity index (χ2v) is 5.49. The summed E-state index contributed by atoms with van der Waals surface area (Å²) in [6, 6.07) is 2.17. The van der Waals surface area contributed by atoms with Gasteiger partial charge in [0.25, 0.3) is 0 Å². The van der Waals surface area contributed by atoms with E-state index >= 15 is 0 Å². The highest BCUT2D eigenvalue weighted by Gasteiger charge is 2.46. The van der Waals surface area contributed by atoms with Gasteiger partial charge in [-0.1, -0.05) is 6.07 Å². The molecule has 1 aromatic carbocycles. The largest absolute Gasteiger partial charge is 0.481 e. The lowest BCUT2D eigenvalue weighted by Gasteiger charge is -2.38. The Bertz CT molecular complexity index is 473. The first-order valence-electron chi connectivity index (χ1n) is 6.25. The molecule has 0 bridgehead atoms. The van der Waals surface area contributed by atoms with Crippen molar-refractivity contribution in [1.82, 2.24) is 0 Å². The van der Waals surface area contributed by atoms with Crippen molar-refractivity contribution < 1.29 is 14.6 Å². The van der Waals surface area contributed by atoms with Crippen LogP contribution >= 0.6 is 0 Å². The van der Waals surface area contributed by atoms with E-state index in [4.69, 9.17) is 4.74 Å². The van der Waals surface area contributed by atoms with E-state index in [-0.39, 0.29) is 0 Å². The highest BCUT2D eigenvalue weighted by molar-refractivity contribution is 5.76. The lowest BCUT2D eigenvalue weighted by Crippen LogP contribution is -2.50. The molecule has 1 N–H and O–H groups in total. The molecule has 0 amide bonds. The number of hydrogen-bond acceptors (Lipinski definition) is 2. The number of hydrogen-bond donors (Lipinski definition) is 1. The number of aliphatic carboxylic acids is 1. The molecule has 0 radical (unpaired) electrons. The van der Waals surface area contributed by atoms with Gasteiger partial charge in [0.2, 0.25) is 0 Å². The number of ether oxygens (including phenoxy) is 1. The second-order valence-electron chi connectivity index (χ2n) is 5.49. The Morgan fingerprint density at radius 1 is 1.22 bits per heavy atom. The Morgan fingerprint density at radius 2 is 1.72 bits per heavy atom. The fourth-order valence-electron chi connectivity index (χ4n) is 2.55. The molecule has 2 rings (SSSR count). The van der Waals surface area contributed by atoms with Crippen LogP contribution in [0.15, 0.2) is 6.07 Å². The lowest BCUT2D eigenvalue weighted by atomic mass is 9.76. The zero-order chi connectivity index (χ0) is 13.5. The van der Waals surface area contributed by atoms with Crippen molar-refractivity contribution in [3.05, 3.63) is 33.9 Å². The summed E-state index contributed by atoms with van der Waals surface area (Å²) in [5, 5.41) is 9.39. The molecule has 1 saturated heterocycles. The number of rotatable bonds is 3. The SMILES string of the molecule is Cc1cc(C)c(C)c(CC2(C(=O)O)COC2)c1C. The van der Waals surface area contributed by atoms with Crippen LogP contribution in [0.4, 0.5) is 0 Å². The molecule has 0 saturated carbocycles. The molecule has 1 fully saturated rings. The molecule has 1 aliphatic rings. The number of carboxylic acid groups (broad SMARTS) is 1. The minimum Gasteiger partial charge on any atom is -0.481 e. The van der Waals surface area contributed by atoms with Crippen molar-refractivity contribution in [2.45, 2.75) is 34.1 Å². The van der Waals surface area contributed by atoms with Gasteiger partial charge in [0, 0.05) is 0 Å². The number of carbonyl (C=O) groups is 1.